The molecular formula is C24H35N4O2+. The molecule has 0 N–H and O–H groups in total. The molecule has 1 amide bonds. The van der Waals surface area contributed by atoms with Crippen molar-refractivity contribution < 1.29 is 14.1 Å². The molecule has 3 rings (SSSR count). The number of benzene rings is 1. The Labute approximate surface area is 180 Å². The predicted octanol–water partition coefficient (Wildman–Crippen LogP) is 4.21. The molecule has 1 aromatic rings. The van der Waals surface area contributed by atoms with Gasteiger partial charge < -0.3 is 9.38 Å². The van der Waals surface area contributed by atoms with Crippen molar-refractivity contribution in [1.82, 2.24) is 0 Å². The van der Waals surface area contributed by atoms with Gasteiger partial charge in [0.25, 0.3) is 5.91 Å². The van der Waals surface area contributed by atoms with E-state index in [9.17, 15) is 9.59 Å². The number of aliphatic imine (C=N–C) groups is 2. The van der Waals surface area contributed by atoms with Crippen molar-refractivity contribution in [1.29, 1.82) is 0 Å². The fourth-order valence-corrected chi connectivity index (χ4v) is 4.32. The molecule has 2 aliphatic rings. The second-order valence-corrected chi connectivity index (χ2v) is 8.54. The summed E-state index contributed by atoms with van der Waals surface area (Å²) in [7, 11) is 0. The number of rotatable bonds is 8. The topological polar surface area (TPSA) is 62.1 Å². The van der Waals surface area contributed by atoms with E-state index in [0.29, 0.717) is 18.1 Å². The van der Waals surface area contributed by atoms with E-state index in [1.807, 2.05) is 4.90 Å². The van der Waals surface area contributed by atoms with Gasteiger partial charge in [0.15, 0.2) is 17.3 Å². The third-order valence-electron chi connectivity index (χ3n) is 6.89. The van der Waals surface area contributed by atoms with Crippen LogP contribution in [0.15, 0.2) is 22.1 Å². The number of unbranched alkanes of at least 4 members (excludes halogenated alkanes) is 1. The first kappa shape index (κ1) is 22.3. The van der Waals surface area contributed by atoms with E-state index in [2.05, 4.69) is 56.7 Å². The number of Topliss-reactive ketones (excluding diaryl/α,β-unsaturated/α-hetero) is 1. The van der Waals surface area contributed by atoms with Crippen molar-refractivity contribution in [3.63, 3.8) is 0 Å². The van der Waals surface area contributed by atoms with Gasteiger partial charge in [-0.2, -0.15) is 4.99 Å². The number of hydrogen-bond acceptors (Lipinski definition) is 4. The minimum atomic E-state index is -0.751. The van der Waals surface area contributed by atoms with Crippen molar-refractivity contribution in [3.05, 3.63) is 23.3 Å². The van der Waals surface area contributed by atoms with Crippen LogP contribution in [0.4, 0.5) is 11.4 Å². The Morgan fingerprint density at radius 3 is 2.30 bits per heavy atom. The van der Waals surface area contributed by atoms with Gasteiger partial charge >= 0.3 is 0 Å². The highest BCUT2D eigenvalue weighted by atomic mass is 16.2. The van der Waals surface area contributed by atoms with E-state index in [0.717, 1.165) is 54.9 Å². The lowest BCUT2D eigenvalue weighted by molar-refractivity contribution is -0.936. The summed E-state index contributed by atoms with van der Waals surface area (Å²) in [6.07, 6.45) is 1.97. The maximum absolute atomic E-state index is 12.8. The summed E-state index contributed by atoms with van der Waals surface area (Å²) in [4.78, 5) is 36.1. The highest BCUT2D eigenvalue weighted by molar-refractivity contribution is 6.73. The van der Waals surface area contributed by atoms with Crippen LogP contribution in [0.2, 0.25) is 0 Å². The number of aryl methyl sites for hydroxylation is 1. The number of anilines is 1. The predicted molar refractivity (Wildman–Crippen MR) is 123 cm³/mol. The quantitative estimate of drug-likeness (QED) is 0.476. The molecule has 1 atom stereocenters. The lowest BCUT2D eigenvalue weighted by Crippen LogP contribution is -2.49. The standard InChI is InChI=1S/C24H35N4O2/c1-7-11-12-27-20-14-18(15-28(8-2,9-3)10-4)16(5)13-19(20)25-21-22(29)17(6)24(30)26-23(21)27/h13-14,17H,7-12,15H2,1-6H3/q+1. The van der Waals surface area contributed by atoms with Gasteiger partial charge in [-0.3, -0.25) is 9.59 Å². The number of nitrogens with zero attached hydrogens (tertiary/aromatic N) is 4. The Morgan fingerprint density at radius 2 is 1.70 bits per heavy atom. The van der Waals surface area contributed by atoms with Crippen LogP contribution < -0.4 is 4.90 Å². The SMILES string of the molecule is CCCCN1C2=NC(=O)C(C)C(=O)C2=Nc2cc(C)c(C[N+](CC)(CC)CC)cc21. The molecule has 1 aromatic carbocycles. The molecule has 0 saturated carbocycles. The average Bonchev–Trinajstić information content (AvgIpc) is 2.75. The van der Waals surface area contributed by atoms with Crippen molar-refractivity contribution in [2.75, 3.05) is 31.1 Å². The van der Waals surface area contributed by atoms with Gasteiger partial charge in [-0.25, -0.2) is 4.99 Å². The molecule has 0 aliphatic carbocycles. The largest absolute Gasteiger partial charge is 0.322 e. The van der Waals surface area contributed by atoms with E-state index in [1.165, 1.54) is 11.1 Å². The highest BCUT2D eigenvalue weighted by Gasteiger charge is 2.40. The van der Waals surface area contributed by atoms with Crippen LogP contribution in [-0.4, -0.2) is 53.9 Å². The number of amides is 1. The third-order valence-corrected chi connectivity index (χ3v) is 6.89. The van der Waals surface area contributed by atoms with E-state index < -0.39 is 5.92 Å². The summed E-state index contributed by atoms with van der Waals surface area (Å²) >= 11 is 0. The minimum absolute atomic E-state index is 0.225. The fraction of sp³-hybridized carbons (Fsp3) is 0.583. The van der Waals surface area contributed by atoms with Gasteiger partial charge in [0.2, 0.25) is 0 Å². The Bertz CT molecular complexity index is 904. The maximum atomic E-state index is 12.8. The molecule has 30 heavy (non-hydrogen) atoms. The van der Waals surface area contributed by atoms with Gasteiger partial charge in [-0.15, -0.1) is 0 Å². The Hall–Kier alpha value is -2.34. The third kappa shape index (κ3) is 3.85. The molecular weight excluding hydrogens is 376 g/mol. The molecule has 162 valence electrons. The number of amidine groups is 1. The first-order valence-corrected chi connectivity index (χ1v) is 11.3. The number of carbonyl (C=O) groups is 2. The van der Waals surface area contributed by atoms with Crippen molar-refractivity contribution in [2.24, 2.45) is 15.9 Å². The zero-order chi connectivity index (χ0) is 22.1. The van der Waals surface area contributed by atoms with E-state index in [4.69, 9.17) is 0 Å². The molecule has 0 spiro atoms. The Morgan fingerprint density at radius 1 is 1.03 bits per heavy atom. The highest BCUT2D eigenvalue weighted by Crippen LogP contribution is 2.38. The summed E-state index contributed by atoms with van der Waals surface area (Å²) in [6.45, 7) is 17.6. The smallest absolute Gasteiger partial charge is 0.258 e. The Kier molecular flexibility index (Phi) is 6.56. The summed E-state index contributed by atoms with van der Waals surface area (Å²) in [5, 5.41) is 0. The van der Waals surface area contributed by atoms with Crippen molar-refractivity contribution in [2.45, 2.75) is 60.9 Å². The van der Waals surface area contributed by atoms with Crippen molar-refractivity contribution in [3.8, 4) is 0 Å². The normalized spacial score (nSPS) is 18.7. The molecule has 0 radical (unpaired) electrons. The Balaban J connectivity index is 2.14. The fourth-order valence-electron chi connectivity index (χ4n) is 4.32. The van der Waals surface area contributed by atoms with Gasteiger partial charge in [-0.1, -0.05) is 13.3 Å². The van der Waals surface area contributed by atoms with Crippen LogP contribution >= 0.6 is 0 Å². The number of quaternary nitrogens is 1. The van der Waals surface area contributed by atoms with Crippen LogP contribution in [0.3, 0.4) is 0 Å². The summed E-state index contributed by atoms with van der Waals surface area (Å²) in [5.41, 5.74) is 4.58. The molecule has 6 heteroatoms. The van der Waals surface area contributed by atoms with Crippen LogP contribution in [0.5, 0.6) is 0 Å². The molecule has 0 aromatic heterocycles. The zero-order valence-corrected chi connectivity index (χ0v) is 19.3. The molecule has 0 fully saturated rings. The zero-order valence-electron chi connectivity index (χ0n) is 19.3. The summed E-state index contributed by atoms with van der Waals surface area (Å²) in [6, 6.07) is 4.31. The monoisotopic (exact) mass is 411 g/mol. The minimum Gasteiger partial charge on any atom is -0.322 e. The number of carbonyl (C=O) groups excluding carboxylic acids is 2. The molecule has 0 saturated heterocycles. The first-order valence-electron chi connectivity index (χ1n) is 11.3. The molecule has 2 heterocycles. The second kappa shape index (κ2) is 8.80. The average molecular weight is 412 g/mol. The van der Waals surface area contributed by atoms with Crippen molar-refractivity contribution >= 4 is 34.6 Å². The first-order chi connectivity index (χ1) is 14.3. The van der Waals surface area contributed by atoms with Gasteiger partial charge in [0, 0.05) is 12.1 Å². The van der Waals surface area contributed by atoms with Gasteiger partial charge in [0.1, 0.15) is 12.5 Å². The van der Waals surface area contributed by atoms with Crippen LogP contribution in [0.1, 0.15) is 58.6 Å². The molecule has 6 nitrogen and oxygen atoms in total. The van der Waals surface area contributed by atoms with Crippen LogP contribution in [0, 0.1) is 12.8 Å². The van der Waals surface area contributed by atoms with Gasteiger partial charge in [-0.05, 0) is 58.7 Å². The molecule has 1 unspecified atom stereocenters. The van der Waals surface area contributed by atoms with Gasteiger partial charge in [0.05, 0.1) is 31.0 Å². The lowest BCUT2D eigenvalue weighted by atomic mass is 9.94. The van der Waals surface area contributed by atoms with E-state index >= 15 is 0 Å². The molecule has 2 aliphatic heterocycles. The molecule has 0 bridgehead atoms. The maximum Gasteiger partial charge on any atom is 0.258 e. The summed E-state index contributed by atoms with van der Waals surface area (Å²) in [5.74, 6) is -0.914. The second-order valence-electron chi connectivity index (χ2n) is 8.54. The number of fused-ring (bicyclic) bond motifs is 2. The van der Waals surface area contributed by atoms with E-state index in [-0.39, 0.29) is 11.7 Å². The lowest BCUT2D eigenvalue weighted by Gasteiger charge is -2.37. The van der Waals surface area contributed by atoms with Crippen LogP contribution in [-0.2, 0) is 16.1 Å². The van der Waals surface area contributed by atoms with Crippen LogP contribution in [0.25, 0.3) is 0 Å². The summed E-state index contributed by atoms with van der Waals surface area (Å²) < 4.78 is 1.03. The number of ketones is 1. The van der Waals surface area contributed by atoms with E-state index in [1.54, 1.807) is 6.92 Å². The number of hydrogen-bond donors (Lipinski definition) is 0.